The highest BCUT2D eigenvalue weighted by Gasteiger charge is 2.37. The molecule has 10 heavy (non-hydrogen) atoms. The van der Waals surface area contributed by atoms with E-state index >= 15 is 0 Å². The summed E-state index contributed by atoms with van der Waals surface area (Å²) >= 11 is 0. The van der Waals surface area contributed by atoms with E-state index in [2.05, 4.69) is 17.1 Å². The number of aryl methyl sites for hydroxylation is 1. The van der Waals surface area contributed by atoms with Gasteiger partial charge in [-0.25, -0.2) is 0 Å². The van der Waals surface area contributed by atoms with Crippen molar-refractivity contribution in [1.29, 1.82) is 0 Å². The fraction of sp³-hybridized carbons (Fsp3) is 0.714. The van der Waals surface area contributed by atoms with Crippen LogP contribution in [0.5, 0.6) is 0 Å². The Hall–Kier alpha value is -0.860. The molecular weight excluding hydrogens is 126 g/mol. The molecule has 54 valence electrons. The summed E-state index contributed by atoms with van der Waals surface area (Å²) in [7, 11) is 2.00. The average molecular weight is 137 g/mol. The van der Waals surface area contributed by atoms with E-state index in [-0.39, 0.29) is 0 Å². The van der Waals surface area contributed by atoms with Crippen molar-refractivity contribution in [3.63, 3.8) is 0 Å². The van der Waals surface area contributed by atoms with Crippen molar-refractivity contribution in [3.8, 4) is 0 Å². The molecule has 1 aromatic heterocycles. The standard InChI is InChI=1S/C7H11N3/c1-5-3-6(5)7-9-8-4-10(7)2/h4-6H,3H2,1-2H3. The molecule has 0 bridgehead atoms. The van der Waals surface area contributed by atoms with Gasteiger partial charge in [0.15, 0.2) is 0 Å². The zero-order valence-corrected chi connectivity index (χ0v) is 6.28. The minimum Gasteiger partial charge on any atom is -0.320 e. The molecule has 1 aliphatic rings. The zero-order chi connectivity index (χ0) is 7.14. The monoisotopic (exact) mass is 137 g/mol. The normalized spacial score (nSPS) is 30.6. The van der Waals surface area contributed by atoms with Crippen molar-refractivity contribution in [2.24, 2.45) is 13.0 Å². The molecule has 1 fully saturated rings. The lowest BCUT2D eigenvalue weighted by molar-refractivity contribution is 0.763. The SMILES string of the molecule is CC1CC1c1nncn1C. The molecule has 0 spiro atoms. The van der Waals surface area contributed by atoms with E-state index in [0.29, 0.717) is 5.92 Å². The van der Waals surface area contributed by atoms with Gasteiger partial charge in [-0.3, -0.25) is 0 Å². The number of rotatable bonds is 1. The van der Waals surface area contributed by atoms with E-state index < -0.39 is 0 Å². The minimum atomic E-state index is 0.687. The minimum absolute atomic E-state index is 0.687. The second-order valence-electron chi connectivity index (χ2n) is 3.12. The van der Waals surface area contributed by atoms with Gasteiger partial charge in [-0.05, 0) is 12.3 Å². The summed E-state index contributed by atoms with van der Waals surface area (Å²) in [5, 5.41) is 7.87. The summed E-state index contributed by atoms with van der Waals surface area (Å²) in [5.41, 5.74) is 0. The van der Waals surface area contributed by atoms with Crippen LogP contribution in [-0.2, 0) is 7.05 Å². The maximum atomic E-state index is 4.04. The zero-order valence-electron chi connectivity index (χ0n) is 6.28. The molecule has 2 atom stereocenters. The summed E-state index contributed by atoms with van der Waals surface area (Å²) in [6.07, 6.45) is 3.05. The first-order valence-electron chi connectivity index (χ1n) is 3.63. The summed E-state index contributed by atoms with van der Waals surface area (Å²) in [6, 6.07) is 0. The van der Waals surface area contributed by atoms with E-state index in [1.807, 2.05) is 11.6 Å². The molecule has 1 heterocycles. The predicted octanol–water partition coefficient (Wildman–Crippen LogP) is 0.939. The third kappa shape index (κ3) is 0.735. The van der Waals surface area contributed by atoms with Crippen molar-refractivity contribution in [2.45, 2.75) is 19.3 Å². The Morgan fingerprint density at radius 3 is 2.80 bits per heavy atom. The van der Waals surface area contributed by atoms with Gasteiger partial charge in [0.1, 0.15) is 12.2 Å². The Morgan fingerprint density at radius 2 is 2.40 bits per heavy atom. The predicted molar refractivity (Wildman–Crippen MR) is 37.5 cm³/mol. The summed E-state index contributed by atoms with van der Waals surface area (Å²) in [5.74, 6) is 2.66. The lowest BCUT2D eigenvalue weighted by Gasteiger charge is -1.94. The molecule has 0 amide bonds. The van der Waals surface area contributed by atoms with Gasteiger partial charge in [-0.15, -0.1) is 10.2 Å². The maximum absolute atomic E-state index is 4.04. The molecule has 0 radical (unpaired) electrons. The van der Waals surface area contributed by atoms with Crippen LogP contribution in [0.3, 0.4) is 0 Å². The third-order valence-corrected chi connectivity index (χ3v) is 2.19. The Kier molecular flexibility index (Phi) is 1.07. The highest BCUT2D eigenvalue weighted by molar-refractivity contribution is 5.07. The molecule has 3 heteroatoms. The van der Waals surface area contributed by atoms with Crippen molar-refractivity contribution in [2.75, 3.05) is 0 Å². The summed E-state index contributed by atoms with van der Waals surface area (Å²) in [4.78, 5) is 0. The molecule has 3 nitrogen and oxygen atoms in total. The van der Waals surface area contributed by atoms with Gasteiger partial charge < -0.3 is 4.57 Å². The first-order valence-corrected chi connectivity index (χ1v) is 3.63. The van der Waals surface area contributed by atoms with Crippen LogP contribution in [0.25, 0.3) is 0 Å². The highest BCUT2D eigenvalue weighted by atomic mass is 15.3. The molecule has 1 aromatic rings. The smallest absolute Gasteiger partial charge is 0.135 e. The molecule has 0 aliphatic heterocycles. The third-order valence-electron chi connectivity index (χ3n) is 2.19. The summed E-state index contributed by atoms with van der Waals surface area (Å²) < 4.78 is 2.01. The van der Waals surface area contributed by atoms with Crippen LogP contribution < -0.4 is 0 Å². The lowest BCUT2D eigenvalue weighted by Crippen LogP contribution is -1.94. The summed E-state index contributed by atoms with van der Waals surface area (Å²) in [6.45, 7) is 2.25. The first kappa shape index (κ1) is 5.89. The second-order valence-corrected chi connectivity index (χ2v) is 3.12. The number of aromatic nitrogens is 3. The average Bonchev–Trinajstić information content (AvgIpc) is 2.42. The van der Waals surface area contributed by atoms with Gasteiger partial charge in [-0.2, -0.15) is 0 Å². The molecular formula is C7H11N3. The molecule has 2 unspecified atom stereocenters. The number of hydrogen-bond acceptors (Lipinski definition) is 2. The van der Waals surface area contributed by atoms with Gasteiger partial charge in [0.25, 0.3) is 0 Å². The van der Waals surface area contributed by atoms with Gasteiger partial charge in [0, 0.05) is 13.0 Å². The van der Waals surface area contributed by atoms with E-state index in [1.165, 1.54) is 6.42 Å². The van der Waals surface area contributed by atoms with Gasteiger partial charge in [0.05, 0.1) is 0 Å². The Labute approximate surface area is 60.1 Å². The van der Waals surface area contributed by atoms with Gasteiger partial charge in [0.2, 0.25) is 0 Å². The Bertz CT molecular complexity index is 241. The topological polar surface area (TPSA) is 30.7 Å². The van der Waals surface area contributed by atoms with Crippen LogP contribution in [0.2, 0.25) is 0 Å². The molecule has 0 N–H and O–H groups in total. The molecule has 2 rings (SSSR count). The van der Waals surface area contributed by atoms with E-state index in [4.69, 9.17) is 0 Å². The van der Waals surface area contributed by atoms with Crippen LogP contribution >= 0.6 is 0 Å². The highest BCUT2D eigenvalue weighted by Crippen LogP contribution is 2.45. The van der Waals surface area contributed by atoms with E-state index in [0.717, 1.165) is 11.7 Å². The van der Waals surface area contributed by atoms with Crippen LogP contribution in [0.1, 0.15) is 25.1 Å². The van der Waals surface area contributed by atoms with Gasteiger partial charge in [-0.1, -0.05) is 6.92 Å². The quantitative estimate of drug-likeness (QED) is 0.576. The van der Waals surface area contributed by atoms with E-state index in [9.17, 15) is 0 Å². The van der Waals surface area contributed by atoms with Crippen LogP contribution in [0.4, 0.5) is 0 Å². The maximum Gasteiger partial charge on any atom is 0.135 e. The van der Waals surface area contributed by atoms with E-state index in [1.54, 1.807) is 6.33 Å². The lowest BCUT2D eigenvalue weighted by atomic mass is 10.3. The van der Waals surface area contributed by atoms with Gasteiger partial charge >= 0.3 is 0 Å². The van der Waals surface area contributed by atoms with Crippen molar-refractivity contribution in [1.82, 2.24) is 14.8 Å². The van der Waals surface area contributed by atoms with Crippen LogP contribution in [-0.4, -0.2) is 14.8 Å². The van der Waals surface area contributed by atoms with Crippen LogP contribution in [0.15, 0.2) is 6.33 Å². The molecule has 0 saturated heterocycles. The second kappa shape index (κ2) is 1.81. The Morgan fingerprint density at radius 1 is 1.70 bits per heavy atom. The van der Waals surface area contributed by atoms with Crippen LogP contribution in [0, 0.1) is 5.92 Å². The first-order chi connectivity index (χ1) is 4.79. The van der Waals surface area contributed by atoms with Crippen molar-refractivity contribution < 1.29 is 0 Å². The largest absolute Gasteiger partial charge is 0.320 e. The number of nitrogens with zero attached hydrogens (tertiary/aromatic N) is 3. The fourth-order valence-electron chi connectivity index (χ4n) is 1.31. The molecule has 1 aliphatic carbocycles. The van der Waals surface area contributed by atoms with Crippen molar-refractivity contribution >= 4 is 0 Å². The van der Waals surface area contributed by atoms with Crippen molar-refractivity contribution in [3.05, 3.63) is 12.2 Å². The fourth-order valence-corrected chi connectivity index (χ4v) is 1.31. The molecule has 1 saturated carbocycles. The molecule has 0 aromatic carbocycles. The Balaban J connectivity index is 2.26. The number of hydrogen-bond donors (Lipinski definition) is 0.